The van der Waals surface area contributed by atoms with E-state index in [2.05, 4.69) is 5.92 Å². The van der Waals surface area contributed by atoms with Gasteiger partial charge >= 0.3 is 12.1 Å². The fourth-order valence-corrected chi connectivity index (χ4v) is 2.60. The smallest absolute Gasteiger partial charge is 0.416 e. The molecule has 0 spiro atoms. The second kappa shape index (κ2) is 10.7. The molecule has 0 atom stereocenters. The summed E-state index contributed by atoms with van der Waals surface area (Å²) in [4.78, 5) is 22.5. The van der Waals surface area contributed by atoms with Crippen molar-refractivity contribution in [3.05, 3.63) is 62.7 Å². The summed E-state index contributed by atoms with van der Waals surface area (Å²) in [6.45, 7) is 0.0220. The number of benzene rings is 2. The van der Waals surface area contributed by atoms with Gasteiger partial charge in [-0.25, -0.2) is 0 Å². The Morgan fingerprint density at radius 3 is 2.55 bits per heavy atom. The van der Waals surface area contributed by atoms with Crippen LogP contribution in [0.3, 0.4) is 0 Å². The quantitative estimate of drug-likeness (QED) is 0.177. The maximum absolute atomic E-state index is 12.7. The standard InChI is InChI=1S/C20H15ClF3NO6/c1-2-7-29-8-9-30-19(26)11-13-10-15(4-5-17(13)25(27)28)31-18-6-3-14(12-16(18)21)20(22,23)24/h1,3-6,10,12H,7-9,11H2. The number of carbonyl (C=O) groups excluding carboxylic acids is 1. The highest BCUT2D eigenvalue weighted by atomic mass is 35.5. The zero-order chi connectivity index (χ0) is 23.0. The third-order valence-corrected chi connectivity index (χ3v) is 4.04. The molecule has 0 N–H and O–H groups in total. The Bertz CT molecular complexity index is 1000. The minimum absolute atomic E-state index is 0.0138. The molecule has 0 heterocycles. The number of nitro benzene ring substituents is 1. The predicted octanol–water partition coefficient (Wildman–Crippen LogP) is 4.79. The summed E-state index contributed by atoms with van der Waals surface area (Å²) in [6, 6.07) is 6.05. The maximum atomic E-state index is 12.7. The summed E-state index contributed by atoms with van der Waals surface area (Å²) in [7, 11) is 0. The van der Waals surface area contributed by atoms with Crippen LogP contribution < -0.4 is 4.74 Å². The number of hydrogen-bond acceptors (Lipinski definition) is 6. The Morgan fingerprint density at radius 2 is 1.94 bits per heavy atom. The molecule has 0 aliphatic carbocycles. The number of hydrogen-bond donors (Lipinski definition) is 0. The number of carbonyl (C=O) groups is 1. The lowest BCUT2D eigenvalue weighted by Gasteiger charge is -2.12. The van der Waals surface area contributed by atoms with Gasteiger partial charge in [0.1, 0.15) is 24.7 Å². The van der Waals surface area contributed by atoms with E-state index in [0.717, 1.165) is 18.2 Å². The van der Waals surface area contributed by atoms with Crippen LogP contribution in [0.4, 0.5) is 18.9 Å². The molecule has 7 nitrogen and oxygen atoms in total. The minimum atomic E-state index is -4.57. The van der Waals surface area contributed by atoms with E-state index >= 15 is 0 Å². The van der Waals surface area contributed by atoms with Crippen molar-refractivity contribution in [1.29, 1.82) is 0 Å². The van der Waals surface area contributed by atoms with Gasteiger partial charge in [0.2, 0.25) is 0 Å². The van der Waals surface area contributed by atoms with E-state index in [9.17, 15) is 28.1 Å². The Kier molecular flexibility index (Phi) is 8.24. The lowest BCUT2D eigenvalue weighted by molar-refractivity contribution is -0.385. The maximum Gasteiger partial charge on any atom is 0.416 e. The molecule has 0 fully saturated rings. The van der Waals surface area contributed by atoms with Gasteiger partial charge in [-0.15, -0.1) is 6.42 Å². The lowest BCUT2D eigenvalue weighted by atomic mass is 10.1. The van der Waals surface area contributed by atoms with Crippen molar-refractivity contribution in [3.8, 4) is 23.8 Å². The van der Waals surface area contributed by atoms with Gasteiger partial charge in [0.25, 0.3) is 5.69 Å². The largest absolute Gasteiger partial charge is 0.463 e. The zero-order valence-electron chi connectivity index (χ0n) is 15.8. The molecule has 0 aliphatic rings. The molecule has 31 heavy (non-hydrogen) atoms. The molecule has 2 aromatic rings. The molecule has 0 aromatic heterocycles. The van der Waals surface area contributed by atoms with Crippen molar-refractivity contribution in [2.24, 2.45) is 0 Å². The van der Waals surface area contributed by atoms with Gasteiger partial charge in [-0.3, -0.25) is 14.9 Å². The summed E-state index contributed by atoms with van der Waals surface area (Å²) in [5, 5.41) is 10.9. The van der Waals surface area contributed by atoms with E-state index in [1.807, 2.05) is 0 Å². The number of terminal acetylenes is 1. The van der Waals surface area contributed by atoms with Gasteiger partial charge in [0, 0.05) is 11.6 Å². The Hall–Kier alpha value is -3.29. The summed E-state index contributed by atoms with van der Waals surface area (Å²) in [5.74, 6) is 1.43. The molecule has 0 unspecified atom stereocenters. The van der Waals surface area contributed by atoms with Gasteiger partial charge in [0.05, 0.1) is 28.5 Å². The van der Waals surface area contributed by atoms with Crippen LogP contribution >= 0.6 is 11.6 Å². The van der Waals surface area contributed by atoms with Gasteiger partial charge < -0.3 is 14.2 Å². The average Bonchev–Trinajstić information content (AvgIpc) is 2.68. The van der Waals surface area contributed by atoms with E-state index in [4.69, 9.17) is 32.2 Å². The van der Waals surface area contributed by atoms with Gasteiger partial charge in [0.15, 0.2) is 0 Å². The molecule has 164 valence electrons. The summed E-state index contributed by atoms with van der Waals surface area (Å²) in [6.07, 6.45) is -0.00950. The van der Waals surface area contributed by atoms with Crippen LogP contribution in [0, 0.1) is 22.5 Å². The molecule has 0 radical (unpaired) electrons. The van der Waals surface area contributed by atoms with E-state index in [-0.39, 0.29) is 47.6 Å². The first-order valence-electron chi connectivity index (χ1n) is 8.60. The van der Waals surface area contributed by atoms with Gasteiger partial charge in [-0.1, -0.05) is 17.5 Å². The highest BCUT2D eigenvalue weighted by Gasteiger charge is 2.31. The average molecular weight is 458 g/mol. The number of nitro groups is 1. The molecular weight excluding hydrogens is 443 g/mol. The predicted molar refractivity (Wildman–Crippen MR) is 104 cm³/mol. The fourth-order valence-electron chi connectivity index (χ4n) is 2.38. The van der Waals surface area contributed by atoms with Crippen LogP contribution in [0.1, 0.15) is 11.1 Å². The third kappa shape index (κ3) is 7.16. The third-order valence-electron chi connectivity index (χ3n) is 3.75. The van der Waals surface area contributed by atoms with Crippen LogP contribution in [-0.4, -0.2) is 30.7 Å². The van der Waals surface area contributed by atoms with E-state index in [1.54, 1.807) is 0 Å². The van der Waals surface area contributed by atoms with Gasteiger partial charge in [-0.2, -0.15) is 13.2 Å². The minimum Gasteiger partial charge on any atom is -0.463 e. The van der Waals surface area contributed by atoms with Crippen LogP contribution in [-0.2, 0) is 26.9 Å². The lowest BCUT2D eigenvalue weighted by Crippen LogP contribution is -2.13. The monoisotopic (exact) mass is 457 g/mol. The Morgan fingerprint density at radius 1 is 1.19 bits per heavy atom. The number of alkyl halides is 3. The molecule has 0 saturated carbocycles. The Labute approximate surface area is 179 Å². The van der Waals surface area contributed by atoms with E-state index < -0.39 is 29.1 Å². The topological polar surface area (TPSA) is 87.9 Å². The first-order chi connectivity index (χ1) is 14.6. The Balaban J connectivity index is 2.15. The van der Waals surface area contributed by atoms with Crippen LogP contribution in [0.2, 0.25) is 5.02 Å². The number of halogens is 4. The molecule has 0 bridgehead atoms. The van der Waals surface area contributed by atoms with Crippen molar-refractivity contribution in [1.82, 2.24) is 0 Å². The van der Waals surface area contributed by atoms with Crippen molar-refractivity contribution >= 4 is 23.3 Å². The van der Waals surface area contributed by atoms with Crippen LogP contribution in [0.15, 0.2) is 36.4 Å². The molecular formula is C20H15ClF3NO6. The SMILES string of the molecule is C#CCOCCOC(=O)Cc1cc(Oc2ccc(C(F)(F)F)cc2Cl)ccc1[N+](=O)[O-]. The normalized spacial score (nSPS) is 10.9. The van der Waals surface area contributed by atoms with E-state index in [1.165, 1.54) is 12.1 Å². The highest BCUT2D eigenvalue weighted by molar-refractivity contribution is 6.32. The molecule has 0 amide bonds. The fraction of sp³-hybridized carbons (Fsp3) is 0.250. The summed E-state index contributed by atoms with van der Waals surface area (Å²) in [5.41, 5.74) is -1.32. The van der Waals surface area contributed by atoms with Crippen LogP contribution in [0.5, 0.6) is 11.5 Å². The molecule has 11 heteroatoms. The van der Waals surface area contributed by atoms with Crippen molar-refractivity contribution in [2.45, 2.75) is 12.6 Å². The van der Waals surface area contributed by atoms with E-state index in [0.29, 0.717) is 6.07 Å². The van der Waals surface area contributed by atoms with Crippen molar-refractivity contribution in [2.75, 3.05) is 19.8 Å². The molecule has 0 saturated heterocycles. The van der Waals surface area contributed by atoms with Gasteiger partial charge in [-0.05, 0) is 30.3 Å². The first kappa shape index (κ1) is 24.0. The van der Waals surface area contributed by atoms with Crippen LogP contribution in [0.25, 0.3) is 0 Å². The van der Waals surface area contributed by atoms with Crippen molar-refractivity contribution in [3.63, 3.8) is 0 Å². The second-order valence-corrected chi connectivity index (χ2v) is 6.35. The zero-order valence-corrected chi connectivity index (χ0v) is 16.5. The first-order valence-corrected chi connectivity index (χ1v) is 8.98. The highest BCUT2D eigenvalue weighted by Crippen LogP contribution is 2.37. The number of rotatable bonds is 9. The van der Waals surface area contributed by atoms with Crippen molar-refractivity contribution < 1.29 is 37.1 Å². The molecule has 2 aromatic carbocycles. The number of ether oxygens (including phenoxy) is 3. The number of esters is 1. The summed E-state index contributed by atoms with van der Waals surface area (Å²) < 4.78 is 53.6. The molecule has 0 aliphatic heterocycles. The second-order valence-electron chi connectivity index (χ2n) is 5.95. The summed E-state index contributed by atoms with van der Waals surface area (Å²) >= 11 is 5.85. The number of nitrogens with zero attached hydrogens (tertiary/aromatic N) is 1. The molecule has 2 rings (SSSR count).